The maximum Gasteiger partial charge on any atom is 0.312 e. The molecule has 1 saturated carbocycles. The van der Waals surface area contributed by atoms with Gasteiger partial charge in [-0.3, -0.25) is 4.79 Å². The molecule has 3 nitrogen and oxygen atoms in total. The van der Waals surface area contributed by atoms with Gasteiger partial charge in [0.05, 0.1) is 11.5 Å². The number of rotatable bonds is 3. The Morgan fingerprint density at radius 1 is 0.952 bits per heavy atom. The Labute approximate surface area is 134 Å². The zero-order valence-corrected chi connectivity index (χ0v) is 16.1. The van der Waals surface area contributed by atoms with Gasteiger partial charge in [-0.2, -0.15) is 0 Å². The van der Waals surface area contributed by atoms with Crippen molar-refractivity contribution in [3.05, 3.63) is 0 Å². The predicted octanol–water partition coefficient (Wildman–Crippen LogP) is 5.90. The van der Waals surface area contributed by atoms with E-state index >= 15 is 0 Å². The van der Waals surface area contributed by atoms with Crippen molar-refractivity contribution in [2.75, 3.05) is 0 Å². The fraction of sp³-hybridized carbons (Fsp3) is 0.944. The largest absolute Gasteiger partial charge is 0.481 e. The van der Waals surface area contributed by atoms with Crippen LogP contribution in [0.3, 0.4) is 0 Å². The number of aliphatic hydroxyl groups excluding tert-OH is 1. The summed E-state index contributed by atoms with van der Waals surface area (Å²) in [4.78, 5) is 10.8. The molecule has 3 heteroatoms. The SMILES string of the molecule is CC.CC.CC.CC(O)C1(C(=O)O)CCCC1.CCCC. The van der Waals surface area contributed by atoms with Crippen molar-refractivity contribution in [3.63, 3.8) is 0 Å². The van der Waals surface area contributed by atoms with Crippen LogP contribution in [0.1, 0.15) is 101 Å². The second-order valence-corrected chi connectivity index (χ2v) is 4.34. The highest BCUT2D eigenvalue weighted by atomic mass is 16.4. The molecule has 2 N–H and O–H groups in total. The molecule has 1 aliphatic carbocycles. The van der Waals surface area contributed by atoms with Gasteiger partial charge in [0.1, 0.15) is 0 Å². The summed E-state index contributed by atoms with van der Waals surface area (Å²) in [6.45, 7) is 17.9. The lowest BCUT2D eigenvalue weighted by Gasteiger charge is -2.26. The van der Waals surface area contributed by atoms with Crippen LogP contribution in [0.5, 0.6) is 0 Å². The van der Waals surface area contributed by atoms with Gasteiger partial charge in [-0.25, -0.2) is 0 Å². The minimum absolute atomic E-state index is 0.625. The third kappa shape index (κ3) is 12.9. The first kappa shape index (κ1) is 28.6. The van der Waals surface area contributed by atoms with Crippen LogP contribution >= 0.6 is 0 Å². The molecule has 1 unspecified atom stereocenters. The molecule has 0 aromatic carbocycles. The third-order valence-electron chi connectivity index (χ3n) is 3.22. The summed E-state index contributed by atoms with van der Waals surface area (Å²) in [6, 6.07) is 0. The molecule has 1 atom stereocenters. The van der Waals surface area contributed by atoms with Crippen molar-refractivity contribution in [2.24, 2.45) is 5.41 Å². The van der Waals surface area contributed by atoms with Crippen LogP contribution in [-0.4, -0.2) is 22.3 Å². The Kier molecular flexibility index (Phi) is 29.6. The molecule has 1 fully saturated rings. The van der Waals surface area contributed by atoms with E-state index in [1.165, 1.54) is 12.8 Å². The highest BCUT2D eigenvalue weighted by Gasteiger charge is 2.45. The summed E-state index contributed by atoms with van der Waals surface area (Å²) in [7, 11) is 0. The first-order chi connectivity index (χ1) is 10.0. The average molecular weight is 307 g/mol. The monoisotopic (exact) mass is 306 g/mol. The zero-order chi connectivity index (χ0) is 17.9. The highest BCUT2D eigenvalue weighted by molar-refractivity contribution is 5.75. The molecule has 0 bridgehead atoms. The first-order valence-corrected chi connectivity index (χ1v) is 8.92. The number of carboxylic acid groups (broad SMARTS) is 1. The van der Waals surface area contributed by atoms with E-state index in [-0.39, 0.29) is 0 Å². The molecule has 0 saturated heterocycles. The molecule has 0 radical (unpaired) electrons. The highest BCUT2D eigenvalue weighted by Crippen LogP contribution is 2.41. The molecule has 0 aromatic heterocycles. The van der Waals surface area contributed by atoms with Gasteiger partial charge in [-0.15, -0.1) is 0 Å². The minimum atomic E-state index is -0.843. The number of hydrogen-bond donors (Lipinski definition) is 2. The zero-order valence-electron chi connectivity index (χ0n) is 16.1. The van der Waals surface area contributed by atoms with Gasteiger partial charge >= 0.3 is 5.97 Å². The normalized spacial score (nSPS) is 15.3. The van der Waals surface area contributed by atoms with Crippen LogP contribution in [-0.2, 0) is 4.79 Å². The van der Waals surface area contributed by atoms with E-state index in [9.17, 15) is 9.90 Å². The number of hydrogen-bond acceptors (Lipinski definition) is 2. The molecule has 132 valence electrons. The molecular formula is C18H42O3. The number of aliphatic hydroxyl groups is 1. The Balaban J connectivity index is -0.000000122. The molecule has 1 aliphatic rings. The lowest BCUT2D eigenvalue weighted by atomic mass is 9.81. The topological polar surface area (TPSA) is 57.5 Å². The van der Waals surface area contributed by atoms with E-state index in [2.05, 4.69) is 13.8 Å². The van der Waals surface area contributed by atoms with Gasteiger partial charge in [-0.1, -0.05) is 81.1 Å². The van der Waals surface area contributed by atoms with Crippen LogP contribution in [0.4, 0.5) is 0 Å². The van der Waals surface area contributed by atoms with E-state index in [1.807, 2.05) is 41.5 Å². The maximum absolute atomic E-state index is 10.8. The van der Waals surface area contributed by atoms with Crippen molar-refractivity contribution in [3.8, 4) is 0 Å². The number of unbranched alkanes of at least 4 members (excludes halogenated alkanes) is 1. The summed E-state index contributed by atoms with van der Waals surface area (Å²) < 4.78 is 0. The van der Waals surface area contributed by atoms with Crippen LogP contribution < -0.4 is 0 Å². The molecule has 0 aromatic rings. The quantitative estimate of drug-likeness (QED) is 0.682. The van der Waals surface area contributed by atoms with Gasteiger partial charge in [-0.05, 0) is 19.8 Å². The van der Waals surface area contributed by atoms with Gasteiger partial charge < -0.3 is 10.2 Å². The molecule has 1 rings (SSSR count). The number of carbonyl (C=O) groups is 1. The van der Waals surface area contributed by atoms with Crippen molar-refractivity contribution in [2.45, 2.75) is 107 Å². The van der Waals surface area contributed by atoms with Crippen molar-refractivity contribution in [1.29, 1.82) is 0 Å². The molecule has 21 heavy (non-hydrogen) atoms. The lowest BCUT2D eigenvalue weighted by molar-refractivity contribution is -0.155. The number of aliphatic carboxylic acids is 1. The van der Waals surface area contributed by atoms with Gasteiger partial charge in [0, 0.05) is 0 Å². The summed E-state index contributed by atoms with van der Waals surface area (Å²) in [5.41, 5.74) is -0.833. The van der Waals surface area contributed by atoms with Gasteiger partial charge in [0.25, 0.3) is 0 Å². The summed E-state index contributed by atoms with van der Waals surface area (Å²) in [5, 5.41) is 18.2. The predicted molar refractivity (Wildman–Crippen MR) is 94.8 cm³/mol. The van der Waals surface area contributed by atoms with Gasteiger partial charge in [0.15, 0.2) is 0 Å². The van der Waals surface area contributed by atoms with E-state index in [0.717, 1.165) is 12.8 Å². The van der Waals surface area contributed by atoms with E-state index in [1.54, 1.807) is 6.92 Å². The summed E-state index contributed by atoms with van der Waals surface area (Å²) in [6.07, 6.45) is 5.02. The molecular weight excluding hydrogens is 264 g/mol. The standard InChI is InChI=1S/C8H14O3.C4H10.3C2H6/c1-6(9)8(7(10)11)4-2-3-5-8;1-3-4-2;3*1-2/h6,9H,2-5H2,1H3,(H,10,11);3-4H2,1-2H3;3*1-2H3. The Hall–Kier alpha value is -0.570. The van der Waals surface area contributed by atoms with Crippen molar-refractivity contribution in [1.82, 2.24) is 0 Å². The van der Waals surface area contributed by atoms with E-state index in [0.29, 0.717) is 12.8 Å². The second-order valence-electron chi connectivity index (χ2n) is 4.34. The second kappa shape index (κ2) is 21.7. The van der Waals surface area contributed by atoms with Crippen molar-refractivity contribution < 1.29 is 15.0 Å². The molecule has 0 aliphatic heterocycles. The molecule has 0 spiro atoms. The first-order valence-electron chi connectivity index (χ1n) is 8.92. The number of carboxylic acids is 1. The molecule has 0 amide bonds. The Bertz CT molecular complexity index is 181. The maximum atomic E-state index is 10.8. The fourth-order valence-electron chi connectivity index (χ4n) is 1.82. The third-order valence-corrected chi connectivity index (χ3v) is 3.22. The van der Waals surface area contributed by atoms with E-state index < -0.39 is 17.5 Å². The molecule has 0 heterocycles. The summed E-state index contributed by atoms with van der Waals surface area (Å²) >= 11 is 0. The smallest absolute Gasteiger partial charge is 0.312 e. The Morgan fingerprint density at radius 3 is 1.33 bits per heavy atom. The minimum Gasteiger partial charge on any atom is -0.481 e. The van der Waals surface area contributed by atoms with Gasteiger partial charge in [0.2, 0.25) is 0 Å². The fourth-order valence-corrected chi connectivity index (χ4v) is 1.82. The average Bonchev–Trinajstić information content (AvgIpc) is 3.05. The van der Waals surface area contributed by atoms with E-state index in [4.69, 9.17) is 5.11 Å². The Morgan fingerprint density at radius 2 is 1.24 bits per heavy atom. The van der Waals surface area contributed by atoms with Crippen LogP contribution in [0.25, 0.3) is 0 Å². The van der Waals surface area contributed by atoms with Crippen LogP contribution in [0, 0.1) is 5.41 Å². The van der Waals surface area contributed by atoms with Crippen LogP contribution in [0.15, 0.2) is 0 Å². The van der Waals surface area contributed by atoms with Crippen molar-refractivity contribution >= 4 is 5.97 Å². The van der Waals surface area contributed by atoms with Crippen LogP contribution in [0.2, 0.25) is 0 Å². The lowest BCUT2D eigenvalue weighted by Crippen LogP contribution is -2.38. The summed E-state index contributed by atoms with van der Waals surface area (Å²) in [5.74, 6) is -0.843.